The average molecular weight is 208 g/mol. The Kier molecular flexibility index (Phi) is 3.44. The second-order valence-corrected chi connectivity index (χ2v) is 3.04. The van der Waals surface area contributed by atoms with Gasteiger partial charge in [0.05, 0.1) is 19.8 Å². The molecular weight excluding hydrogens is 196 g/mol. The number of ether oxygens (including phenoxy) is 2. The van der Waals surface area contributed by atoms with E-state index in [4.69, 9.17) is 4.74 Å². The Bertz CT molecular complexity index is 396. The largest absolute Gasteiger partial charge is 0.495 e. The normalized spacial score (nSPS) is 9.53. The van der Waals surface area contributed by atoms with Gasteiger partial charge < -0.3 is 9.47 Å². The molecule has 0 heterocycles. The smallest absolute Gasteiger partial charge is 0.341 e. The molecule has 0 atom stereocenters. The molecule has 1 rings (SSSR count). The highest BCUT2D eigenvalue weighted by Crippen LogP contribution is 2.25. The summed E-state index contributed by atoms with van der Waals surface area (Å²) >= 11 is 0. The Morgan fingerprint density at radius 2 is 2.00 bits per heavy atom. The molecule has 0 unspecified atom stereocenters. The van der Waals surface area contributed by atoms with E-state index < -0.39 is 5.97 Å². The van der Waals surface area contributed by atoms with Crippen molar-refractivity contribution in [1.29, 1.82) is 0 Å². The molecule has 0 bridgehead atoms. The Morgan fingerprint density at radius 3 is 2.47 bits per heavy atom. The number of esters is 1. The van der Waals surface area contributed by atoms with Crippen molar-refractivity contribution in [3.63, 3.8) is 0 Å². The quantitative estimate of drug-likeness (QED) is 0.559. The lowest BCUT2D eigenvalue weighted by Gasteiger charge is -2.10. The molecule has 4 heteroatoms. The van der Waals surface area contributed by atoms with Crippen LogP contribution < -0.4 is 4.74 Å². The number of methoxy groups -OCH3 is 2. The van der Waals surface area contributed by atoms with Gasteiger partial charge in [-0.15, -0.1) is 0 Å². The third-order valence-corrected chi connectivity index (χ3v) is 2.00. The number of rotatable bonds is 3. The molecule has 0 aliphatic heterocycles. The summed E-state index contributed by atoms with van der Waals surface area (Å²) in [4.78, 5) is 22.2. The molecule has 0 amide bonds. The zero-order valence-corrected chi connectivity index (χ0v) is 8.87. The molecule has 0 radical (unpaired) electrons. The molecule has 0 aromatic heterocycles. The van der Waals surface area contributed by atoms with Crippen LogP contribution in [0, 0.1) is 6.92 Å². The standard InChI is InChI=1S/C11H12O4/c1-7-4-8(6-12)10(14-2)9(5-7)11(13)15-3/h4-6H,1-3H3. The SMILES string of the molecule is COC(=O)c1cc(C)cc(C=O)c1OC. The Hall–Kier alpha value is -1.84. The molecule has 0 saturated carbocycles. The molecule has 80 valence electrons. The molecule has 4 nitrogen and oxygen atoms in total. The van der Waals surface area contributed by atoms with Gasteiger partial charge >= 0.3 is 5.97 Å². The number of carbonyl (C=O) groups excluding carboxylic acids is 2. The predicted molar refractivity (Wildman–Crippen MR) is 54.5 cm³/mol. The van der Waals surface area contributed by atoms with Crippen molar-refractivity contribution in [3.05, 3.63) is 28.8 Å². The maximum atomic E-state index is 11.4. The summed E-state index contributed by atoms with van der Waals surface area (Å²) in [5.74, 6) is -0.263. The second-order valence-electron chi connectivity index (χ2n) is 3.04. The van der Waals surface area contributed by atoms with Crippen LogP contribution in [0.15, 0.2) is 12.1 Å². The second kappa shape index (κ2) is 4.59. The zero-order chi connectivity index (χ0) is 11.4. The van der Waals surface area contributed by atoms with Crippen LogP contribution in [0.2, 0.25) is 0 Å². The first-order valence-corrected chi connectivity index (χ1v) is 4.36. The number of hydrogen-bond donors (Lipinski definition) is 0. The Labute approximate surface area is 87.8 Å². The summed E-state index contributed by atoms with van der Waals surface area (Å²) in [6.07, 6.45) is 0.651. The Balaban J connectivity index is 3.41. The van der Waals surface area contributed by atoms with Crippen molar-refractivity contribution in [2.24, 2.45) is 0 Å². The van der Waals surface area contributed by atoms with Crippen LogP contribution in [0.25, 0.3) is 0 Å². The van der Waals surface area contributed by atoms with Gasteiger partial charge in [0.1, 0.15) is 11.3 Å². The molecule has 0 aliphatic rings. The van der Waals surface area contributed by atoms with Crippen molar-refractivity contribution in [3.8, 4) is 5.75 Å². The lowest BCUT2D eigenvalue weighted by Crippen LogP contribution is -2.06. The van der Waals surface area contributed by atoms with Gasteiger partial charge in [-0.25, -0.2) is 4.79 Å². The summed E-state index contributed by atoms with van der Waals surface area (Å²) in [5.41, 5.74) is 1.42. The summed E-state index contributed by atoms with van der Waals surface area (Å²) < 4.78 is 9.61. The molecule has 15 heavy (non-hydrogen) atoms. The van der Waals surface area contributed by atoms with Gasteiger partial charge in [0.2, 0.25) is 0 Å². The van der Waals surface area contributed by atoms with E-state index in [2.05, 4.69) is 4.74 Å². The zero-order valence-electron chi connectivity index (χ0n) is 8.87. The highest BCUT2D eigenvalue weighted by atomic mass is 16.5. The van der Waals surface area contributed by atoms with Crippen molar-refractivity contribution in [2.75, 3.05) is 14.2 Å². The molecule has 0 spiro atoms. The van der Waals surface area contributed by atoms with Gasteiger partial charge in [0.25, 0.3) is 0 Å². The first-order chi connectivity index (χ1) is 7.13. The molecule has 1 aromatic carbocycles. The van der Waals surface area contributed by atoms with Crippen LogP contribution in [-0.2, 0) is 4.74 Å². The van der Waals surface area contributed by atoms with E-state index in [1.54, 1.807) is 19.1 Å². The summed E-state index contributed by atoms with van der Waals surface area (Å²) in [7, 11) is 2.69. The summed E-state index contributed by atoms with van der Waals surface area (Å²) in [6, 6.07) is 3.27. The van der Waals surface area contributed by atoms with E-state index in [0.717, 1.165) is 5.56 Å². The number of aldehydes is 1. The van der Waals surface area contributed by atoms with Gasteiger partial charge in [0.15, 0.2) is 6.29 Å². The number of carbonyl (C=O) groups is 2. The molecule has 0 N–H and O–H groups in total. The molecular formula is C11H12O4. The van der Waals surface area contributed by atoms with E-state index in [1.807, 2.05) is 0 Å². The summed E-state index contributed by atoms with van der Waals surface area (Å²) in [5, 5.41) is 0. The van der Waals surface area contributed by atoms with Crippen LogP contribution in [0.5, 0.6) is 5.75 Å². The molecule has 0 saturated heterocycles. The monoisotopic (exact) mass is 208 g/mol. The fourth-order valence-electron chi connectivity index (χ4n) is 1.38. The molecule has 0 fully saturated rings. The first kappa shape index (κ1) is 11.2. The van der Waals surface area contributed by atoms with E-state index in [0.29, 0.717) is 11.8 Å². The van der Waals surface area contributed by atoms with Gasteiger partial charge in [0, 0.05) is 0 Å². The highest BCUT2D eigenvalue weighted by molar-refractivity contribution is 5.96. The Morgan fingerprint density at radius 1 is 1.33 bits per heavy atom. The average Bonchev–Trinajstić information content (AvgIpc) is 2.26. The first-order valence-electron chi connectivity index (χ1n) is 4.36. The lowest BCUT2D eigenvalue weighted by molar-refractivity contribution is 0.0597. The third-order valence-electron chi connectivity index (χ3n) is 2.00. The minimum Gasteiger partial charge on any atom is -0.495 e. The van der Waals surface area contributed by atoms with Gasteiger partial charge in [-0.2, -0.15) is 0 Å². The fraction of sp³-hybridized carbons (Fsp3) is 0.273. The number of hydrogen-bond acceptors (Lipinski definition) is 4. The van der Waals surface area contributed by atoms with Gasteiger partial charge in [-0.05, 0) is 24.6 Å². The van der Waals surface area contributed by atoms with Crippen LogP contribution in [-0.4, -0.2) is 26.5 Å². The van der Waals surface area contributed by atoms with Crippen LogP contribution in [0.1, 0.15) is 26.3 Å². The lowest BCUT2D eigenvalue weighted by atomic mass is 10.1. The van der Waals surface area contributed by atoms with Crippen LogP contribution >= 0.6 is 0 Å². The van der Waals surface area contributed by atoms with E-state index >= 15 is 0 Å². The fourth-order valence-corrected chi connectivity index (χ4v) is 1.38. The predicted octanol–water partition coefficient (Wildman–Crippen LogP) is 1.60. The van der Waals surface area contributed by atoms with Crippen molar-refractivity contribution in [2.45, 2.75) is 6.92 Å². The molecule has 1 aromatic rings. The van der Waals surface area contributed by atoms with Crippen molar-refractivity contribution < 1.29 is 19.1 Å². The topological polar surface area (TPSA) is 52.6 Å². The minimum absolute atomic E-state index is 0.252. The van der Waals surface area contributed by atoms with E-state index in [9.17, 15) is 9.59 Å². The van der Waals surface area contributed by atoms with Crippen LogP contribution in [0.4, 0.5) is 0 Å². The maximum Gasteiger partial charge on any atom is 0.341 e. The maximum absolute atomic E-state index is 11.4. The van der Waals surface area contributed by atoms with E-state index in [-0.39, 0.29) is 11.3 Å². The summed E-state index contributed by atoms with van der Waals surface area (Å²) in [6.45, 7) is 1.79. The minimum atomic E-state index is -0.515. The van der Waals surface area contributed by atoms with Crippen molar-refractivity contribution in [1.82, 2.24) is 0 Å². The van der Waals surface area contributed by atoms with E-state index in [1.165, 1.54) is 14.2 Å². The van der Waals surface area contributed by atoms with Gasteiger partial charge in [-0.1, -0.05) is 0 Å². The number of aryl methyl sites for hydroxylation is 1. The molecule has 0 aliphatic carbocycles. The van der Waals surface area contributed by atoms with Crippen LogP contribution in [0.3, 0.4) is 0 Å². The third kappa shape index (κ3) is 2.15. The van der Waals surface area contributed by atoms with Crippen molar-refractivity contribution >= 4 is 12.3 Å². The highest BCUT2D eigenvalue weighted by Gasteiger charge is 2.16. The number of benzene rings is 1. The van der Waals surface area contributed by atoms with Gasteiger partial charge in [-0.3, -0.25) is 4.79 Å².